The maximum atomic E-state index is 10.4. The summed E-state index contributed by atoms with van der Waals surface area (Å²) in [7, 11) is 0. The molecule has 1 heteroatoms. The molecule has 28 heavy (non-hydrogen) atoms. The van der Waals surface area contributed by atoms with Gasteiger partial charge in [-0.1, -0.05) is 65.2 Å². The number of hydrogen-bond acceptors (Lipinski definition) is 1. The number of rotatable bonds is 5. The summed E-state index contributed by atoms with van der Waals surface area (Å²) in [5, 5.41) is 10.4. The molecule has 4 aliphatic rings. The van der Waals surface area contributed by atoms with Crippen LogP contribution >= 0.6 is 0 Å². The Morgan fingerprint density at radius 1 is 1.29 bits per heavy atom. The van der Waals surface area contributed by atoms with Crippen molar-refractivity contribution >= 4 is 0 Å². The third-order valence-corrected chi connectivity index (χ3v) is 7.06. The van der Waals surface area contributed by atoms with Crippen molar-refractivity contribution in [3.63, 3.8) is 0 Å². The van der Waals surface area contributed by atoms with E-state index in [9.17, 15) is 16.1 Å². The molecule has 4 aliphatic carbocycles. The van der Waals surface area contributed by atoms with Gasteiger partial charge in [-0.15, -0.1) is 0 Å². The minimum Gasteiger partial charge on any atom is -0.393 e. The van der Waals surface area contributed by atoms with Crippen LogP contribution in [0, 0.1) is 46.2 Å². The van der Waals surface area contributed by atoms with E-state index in [1.807, 2.05) is 0 Å². The largest absolute Gasteiger partial charge is 0.393 e. The predicted molar refractivity (Wildman–Crippen MR) is 119 cm³/mol. The maximum Gasteiger partial charge on any atom is 0.0577 e. The van der Waals surface area contributed by atoms with Gasteiger partial charge in [-0.05, 0) is 97.5 Å². The van der Waals surface area contributed by atoms with Crippen molar-refractivity contribution in [1.29, 1.82) is 0 Å². The van der Waals surface area contributed by atoms with Gasteiger partial charge in [-0.2, -0.15) is 0 Å². The summed E-state index contributed by atoms with van der Waals surface area (Å²) in [6.45, 7) is -10.6. The van der Waals surface area contributed by atoms with Crippen LogP contribution in [0.2, 0.25) is 0 Å². The highest BCUT2D eigenvalue weighted by molar-refractivity contribution is 5.25. The minimum atomic E-state index is -4.92. The highest BCUT2D eigenvalue weighted by atomic mass is 16.3. The number of fused-ring (bicyclic) bond motifs is 5. The first-order valence-corrected chi connectivity index (χ1v) is 9.78. The van der Waals surface area contributed by atoms with Gasteiger partial charge in [0, 0.05) is 34.3 Å². The molecular weight excluding hydrogens is 340 g/mol. The maximum absolute atomic E-state index is 10.4. The summed E-state index contributed by atoms with van der Waals surface area (Å²) in [5.41, 5.74) is -3.57. The van der Waals surface area contributed by atoms with Crippen molar-refractivity contribution in [1.82, 2.24) is 0 Å². The third kappa shape index (κ3) is 3.42. The van der Waals surface area contributed by atoms with Gasteiger partial charge in [0.15, 0.2) is 0 Å². The zero-order valence-electron chi connectivity index (χ0n) is 41.3. The molecule has 0 amide bonds. The van der Waals surface area contributed by atoms with Gasteiger partial charge in [0.25, 0.3) is 0 Å². The van der Waals surface area contributed by atoms with Crippen LogP contribution in [0.5, 0.6) is 0 Å². The molecule has 0 aliphatic heterocycles. The molecule has 4 rings (SSSR count). The predicted octanol–water partition coefficient (Wildman–Crippen LogP) is 7.39. The molecule has 160 valence electrons. The van der Waals surface area contributed by atoms with Crippen LogP contribution in [-0.2, 0) is 0 Å². The van der Waals surface area contributed by atoms with Crippen molar-refractivity contribution < 1.29 is 39.4 Å². The zero-order chi connectivity index (χ0) is 42.1. The molecule has 3 fully saturated rings. The summed E-state index contributed by atoms with van der Waals surface area (Å²) < 4.78 is 219. The fourth-order valence-electron chi connectivity index (χ4n) is 5.41. The van der Waals surface area contributed by atoms with E-state index in [0.29, 0.717) is 5.57 Å². The van der Waals surface area contributed by atoms with Crippen LogP contribution in [0.25, 0.3) is 0 Å². The second-order valence-corrected chi connectivity index (χ2v) is 8.68. The zero-order valence-corrected chi connectivity index (χ0v) is 16.3. The average Bonchev–Trinajstić information content (AvgIpc) is 3.04. The van der Waals surface area contributed by atoms with Crippen LogP contribution in [0.15, 0.2) is 11.6 Å². The van der Waals surface area contributed by atoms with E-state index in [2.05, 4.69) is 0 Å². The van der Waals surface area contributed by atoms with E-state index in [0.717, 1.165) is 6.92 Å². The van der Waals surface area contributed by atoms with Gasteiger partial charge in [-0.25, -0.2) is 0 Å². The van der Waals surface area contributed by atoms with Crippen molar-refractivity contribution in [2.75, 3.05) is 0 Å². The lowest BCUT2D eigenvalue weighted by Crippen LogP contribution is -2.50. The Bertz CT molecular complexity index is 1510. The fraction of sp³-hybridized carbons (Fsp3) is 0.926. The summed E-state index contributed by atoms with van der Waals surface area (Å²) >= 11 is 0. The molecule has 0 heterocycles. The Morgan fingerprint density at radius 3 is 2.93 bits per heavy atom. The van der Waals surface area contributed by atoms with Crippen molar-refractivity contribution in [2.45, 2.75) is 111 Å². The topological polar surface area (TPSA) is 20.2 Å². The summed E-state index contributed by atoms with van der Waals surface area (Å²) in [4.78, 5) is 0. The quantitative estimate of drug-likeness (QED) is 0.467. The molecule has 0 aromatic carbocycles. The molecule has 0 saturated heterocycles. The molecule has 9 atom stereocenters. The Labute approximate surface area is 209 Å². The molecule has 1 unspecified atom stereocenters. The second kappa shape index (κ2) is 7.75. The van der Waals surface area contributed by atoms with E-state index < -0.39 is 118 Å². The Morgan fingerprint density at radius 2 is 2.14 bits per heavy atom. The Hall–Kier alpha value is -0.300. The van der Waals surface area contributed by atoms with Crippen LogP contribution in [0.3, 0.4) is 0 Å². The molecule has 0 aromatic heterocycles. The monoisotopic (exact) mass is 412 g/mol. The molecule has 1 nitrogen and oxygen atoms in total. The Balaban J connectivity index is 2.15. The fourth-order valence-corrected chi connectivity index (χ4v) is 5.41. The van der Waals surface area contributed by atoms with Crippen LogP contribution < -0.4 is 0 Å². The van der Waals surface area contributed by atoms with Gasteiger partial charge >= 0.3 is 0 Å². The van der Waals surface area contributed by atoms with Gasteiger partial charge in [-0.3, -0.25) is 0 Å². The van der Waals surface area contributed by atoms with E-state index >= 15 is 0 Å². The Kier molecular flexibility index (Phi) is 1.76. The smallest absolute Gasteiger partial charge is 0.0577 e. The summed E-state index contributed by atoms with van der Waals surface area (Å²) in [5.74, 6) is -21.0. The van der Waals surface area contributed by atoms with E-state index in [4.69, 9.17) is 23.3 Å². The molecule has 0 aromatic rings. The van der Waals surface area contributed by atoms with Crippen LogP contribution in [0.1, 0.15) is 139 Å². The van der Waals surface area contributed by atoms with E-state index in [-0.39, 0.29) is 25.7 Å². The van der Waals surface area contributed by atoms with Crippen LogP contribution in [-0.4, -0.2) is 11.2 Å². The SMILES string of the molecule is [2H]C1C=C2C[C@@H](O)CC[C@]2(C)[C@H]2CC[C@]3(C)[C@@]([2H])([C@]([2H])(C([2H])([2H])[2H])C([2H])([2H])C([2H])([2H])C([2H])([2H])C([2H])(C([2H])([2H])[2H])C([2H])([2H])[2H])C([2H])([2H])C([2H])([2H])[C@@]3([2H])[C@]12[2H]. The van der Waals surface area contributed by atoms with Crippen molar-refractivity contribution in [3.05, 3.63) is 11.6 Å². The summed E-state index contributed by atoms with van der Waals surface area (Å²) in [6.07, 6.45) is -24.9. The lowest BCUT2D eigenvalue weighted by Gasteiger charge is -2.58. The van der Waals surface area contributed by atoms with Crippen molar-refractivity contribution in [2.24, 2.45) is 46.2 Å². The molecular formula is C27H46O. The number of aliphatic hydroxyl groups excluding tert-OH is 1. The third-order valence-electron chi connectivity index (χ3n) is 7.06. The molecule has 0 bridgehead atoms. The van der Waals surface area contributed by atoms with E-state index in [1.54, 1.807) is 6.92 Å². The average molecular weight is 412 g/mol. The molecule has 0 radical (unpaired) electrons. The highest BCUT2D eigenvalue weighted by Crippen LogP contribution is 2.67. The molecule has 0 spiro atoms. The molecule has 3 saturated carbocycles. The first kappa shape index (κ1) is 6.36. The summed E-state index contributed by atoms with van der Waals surface area (Å²) in [6, 6.07) is 0. The van der Waals surface area contributed by atoms with Gasteiger partial charge in [0.1, 0.15) is 0 Å². The lowest BCUT2D eigenvalue weighted by atomic mass is 9.47. The van der Waals surface area contributed by atoms with Crippen molar-refractivity contribution in [3.8, 4) is 0 Å². The first-order valence-electron chi connectivity index (χ1n) is 22.4. The minimum absolute atomic E-state index is 0.0764. The lowest BCUT2D eigenvalue weighted by molar-refractivity contribution is -0.0573. The van der Waals surface area contributed by atoms with Gasteiger partial charge in [0.2, 0.25) is 0 Å². The number of allylic oxidation sites excluding steroid dienone is 1. The number of hydrogen-bond donors (Lipinski definition) is 1. The van der Waals surface area contributed by atoms with Crippen LogP contribution in [0.4, 0.5) is 0 Å². The van der Waals surface area contributed by atoms with Gasteiger partial charge in [0.05, 0.1) is 6.10 Å². The first-order chi connectivity index (χ1) is 23.0. The normalized spacial score (nSPS) is 78.2. The highest BCUT2D eigenvalue weighted by Gasteiger charge is 2.59. The number of aliphatic hydroxyl groups is 1. The molecule has 1 N–H and O–H groups in total. The standard InChI is InChI=1S/C27H46O/c1-18(2)7-6-8-19(3)23-11-12-24-22-10-9-20-17-21(28)13-15-26(20,4)25(22)14-16-27(23,24)5/h9,18-19,21-25,28H,6-8,10-17H2,1-5H3/t19-,21+,22+,23-,24+,25+,26+,27-/m1/s1/i1D3,2D3,3D3,6D2,7D2,8D2,10D,11D2,12D2,18D,19D,22D,23D,24D/t10?,19-,21+,22+,23-,24+,25+,26+,27-. The van der Waals surface area contributed by atoms with Gasteiger partial charge < -0.3 is 5.11 Å². The second-order valence-electron chi connectivity index (χ2n) is 8.68. The van der Waals surface area contributed by atoms with E-state index in [1.165, 1.54) is 6.08 Å².